The van der Waals surface area contributed by atoms with E-state index in [0.29, 0.717) is 13.1 Å². The highest BCUT2D eigenvalue weighted by atomic mass is 32.2. The van der Waals surface area contributed by atoms with Crippen LogP contribution in [0, 0.1) is 22.0 Å². The molecule has 30 heavy (non-hydrogen) atoms. The average Bonchev–Trinajstić information content (AvgIpc) is 2.67. The van der Waals surface area contributed by atoms with Crippen LogP contribution >= 0.6 is 0 Å². The number of non-ortho nitro benzene ring substituents is 1. The van der Waals surface area contributed by atoms with E-state index in [0.717, 1.165) is 12.5 Å². The van der Waals surface area contributed by atoms with E-state index in [-0.39, 0.29) is 33.0 Å². The Morgan fingerprint density at radius 2 is 1.57 bits per heavy atom. The summed E-state index contributed by atoms with van der Waals surface area (Å²) < 4.78 is 54.7. The molecule has 1 aliphatic rings. The predicted molar refractivity (Wildman–Crippen MR) is 112 cm³/mol. The summed E-state index contributed by atoms with van der Waals surface area (Å²) in [5.74, 6) is 0.536. The molecule has 1 fully saturated rings. The minimum atomic E-state index is -4.07. The van der Waals surface area contributed by atoms with Crippen molar-refractivity contribution in [2.45, 2.75) is 30.1 Å². The number of piperidine rings is 1. The van der Waals surface area contributed by atoms with Gasteiger partial charge in [0.05, 0.1) is 14.7 Å². The first-order chi connectivity index (χ1) is 14.0. The Kier molecular flexibility index (Phi) is 6.16. The fourth-order valence-electron chi connectivity index (χ4n) is 3.62. The normalized spacial score (nSPS) is 20.6. The monoisotopic (exact) mass is 453 g/mol. The smallest absolute Gasteiger partial charge is 0.270 e. The maximum Gasteiger partial charge on any atom is 0.270 e. The van der Waals surface area contributed by atoms with Crippen molar-refractivity contribution < 1.29 is 21.8 Å². The summed E-state index contributed by atoms with van der Waals surface area (Å²) in [5.41, 5.74) is -0.190. The highest BCUT2D eigenvalue weighted by molar-refractivity contribution is 7.92. The van der Waals surface area contributed by atoms with Gasteiger partial charge in [-0.3, -0.25) is 14.8 Å². The van der Waals surface area contributed by atoms with Gasteiger partial charge in [0, 0.05) is 30.9 Å². The Morgan fingerprint density at radius 1 is 0.967 bits per heavy atom. The van der Waals surface area contributed by atoms with Gasteiger partial charge in [0.15, 0.2) is 0 Å². The fraction of sp³-hybridized carbons (Fsp3) is 0.368. The van der Waals surface area contributed by atoms with Gasteiger partial charge in [-0.1, -0.05) is 19.9 Å². The Labute approximate surface area is 176 Å². The summed E-state index contributed by atoms with van der Waals surface area (Å²) in [6.45, 7) is 4.94. The summed E-state index contributed by atoms with van der Waals surface area (Å²) in [7, 11) is -7.74. The van der Waals surface area contributed by atoms with Crippen LogP contribution in [-0.2, 0) is 20.0 Å². The van der Waals surface area contributed by atoms with Gasteiger partial charge >= 0.3 is 0 Å². The lowest BCUT2D eigenvalue weighted by molar-refractivity contribution is -0.385. The number of nitrogens with one attached hydrogen (secondary N) is 1. The largest absolute Gasteiger partial charge is 0.280 e. The molecule has 11 heteroatoms. The maximum atomic E-state index is 12.9. The van der Waals surface area contributed by atoms with Gasteiger partial charge < -0.3 is 0 Å². The zero-order chi connectivity index (χ0) is 22.1. The number of hydrogen-bond donors (Lipinski definition) is 1. The summed E-state index contributed by atoms with van der Waals surface area (Å²) in [6, 6.07) is 10.1. The molecule has 0 aliphatic carbocycles. The summed E-state index contributed by atoms with van der Waals surface area (Å²) in [4.78, 5) is 10.0. The molecule has 9 nitrogen and oxygen atoms in total. The van der Waals surface area contributed by atoms with E-state index in [2.05, 4.69) is 4.72 Å². The van der Waals surface area contributed by atoms with E-state index in [1.54, 1.807) is 0 Å². The zero-order valence-corrected chi connectivity index (χ0v) is 18.2. The van der Waals surface area contributed by atoms with Gasteiger partial charge in [0.2, 0.25) is 10.0 Å². The molecule has 2 atom stereocenters. The van der Waals surface area contributed by atoms with Crippen molar-refractivity contribution >= 4 is 31.4 Å². The molecule has 162 valence electrons. The number of nitrogens with zero attached hydrogens (tertiary/aromatic N) is 2. The lowest BCUT2D eigenvalue weighted by atomic mass is 9.94. The van der Waals surface area contributed by atoms with Gasteiger partial charge in [-0.25, -0.2) is 16.8 Å². The number of nitro groups is 1. The Morgan fingerprint density at radius 3 is 2.13 bits per heavy atom. The molecule has 2 aromatic carbocycles. The van der Waals surface area contributed by atoms with Gasteiger partial charge in [0.25, 0.3) is 15.7 Å². The molecule has 2 unspecified atom stereocenters. The second kappa shape index (κ2) is 8.32. The molecule has 1 aliphatic heterocycles. The van der Waals surface area contributed by atoms with Crippen molar-refractivity contribution in [3.63, 3.8) is 0 Å². The second-order valence-electron chi connectivity index (χ2n) is 7.65. The minimum absolute atomic E-state index is 0.0853. The quantitative estimate of drug-likeness (QED) is 0.529. The molecule has 1 saturated heterocycles. The van der Waals surface area contributed by atoms with E-state index in [9.17, 15) is 26.9 Å². The minimum Gasteiger partial charge on any atom is -0.280 e. The molecular formula is C19H23N3O6S2. The molecule has 0 bridgehead atoms. The molecule has 0 radical (unpaired) electrons. The van der Waals surface area contributed by atoms with E-state index in [1.807, 2.05) is 13.8 Å². The van der Waals surface area contributed by atoms with Crippen molar-refractivity contribution in [2.75, 3.05) is 17.8 Å². The molecule has 0 amide bonds. The van der Waals surface area contributed by atoms with E-state index >= 15 is 0 Å². The van der Waals surface area contributed by atoms with E-state index in [4.69, 9.17) is 0 Å². The lowest BCUT2D eigenvalue weighted by Gasteiger charge is -2.34. The number of sulfonamides is 2. The first-order valence-corrected chi connectivity index (χ1v) is 12.3. The third-order valence-electron chi connectivity index (χ3n) is 4.92. The van der Waals surface area contributed by atoms with Crippen LogP contribution in [0.2, 0.25) is 0 Å². The predicted octanol–water partition coefficient (Wildman–Crippen LogP) is 3.06. The van der Waals surface area contributed by atoms with Gasteiger partial charge in [-0.2, -0.15) is 4.31 Å². The highest BCUT2D eigenvalue weighted by Crippen LogP contribution is 2.28. The molecule has 0 saturated carbocycles. The number of rotatable bonds is 6. The van der Waals surface area contributed by atoms with Crippen molar-refractivity contribution in [3.05, 3.63) is 58.6 Å². The van der Waals surface area contributed by atoms with Crippen LogP contribution in [0.25, 0.3) is 0 Å². The Balaban J connectivity index is 1.80. The number of hydrogen-bond acceptors (Lipinski definition) is 6. The highest BCUT2D eigenvalue weighted by Gasteiger charge is 2.31. The second-order valence-corrected chi connectivity index (χ2v) is 11.3. The number of nitro benzene ring substituents is 1. The van der Waals surface area contributed by atoms with Crippen LogP contribution in [0.5, 0.6) is 0 Å². The van der Waals surface area contributed by atoms with Crippen LogP contribution in [0.15, 0.2) is 58.3 Å². The van der Waals surface area contributed by atoms with E-state index < -0.39 is 25.0 Å². The van der Waals surface area contributed by atoms with Crippen molar-refractivity contribution in [2.24, 2.45) is 11.8 Å². The SMILES string of the molecule is CC1CC(C)CN(S(=O)(=O)c2ccc(NS(=O)(=O)c3cccc([N+](=O)[O-])c3)cc2)C1. The van der Waals surface area contributed by atoms with Crippen molar-refractivity contribution in [1.29, 1.82) is 0 Å². The van der Waals surface area contributed by atoms with Crippen LogP contribution in [-0.4, -0.2) is 39.2 Å². The van der Waals surface area contributed by atoms with Crippen LogP contribution in [0.1, 0.15) is 20.3 Å². The molecule has 0 aromatic heterocycles. The summed E-state index contributed by atoms with van der Waals surface area (Å²) in [6.07, 6.45) is 0.977. The van der Waals surface area contributed by atoms with Gasteiger partial charge in [-0.05, 0) is 48.6 Å². The van der Waals surface area contributed by atoms with Crippen molar-refractivity contribution in [1.82, 2.24) is 4.31 Å². The summed E-state index contributed by atoms with van der Waals surface area (Å²) in [5, 5.41) is 10.9. The topological polar surface area (TPSA) is 127 Å². The Hall–Kier alpha value is -2.50. The van der Waals surface area contributed by atoms with Crippen LogP contribution < -0.4 is 4.72 Å². The maximum absolute atomic E-state index is 12.9. The zero-order valence-electron chi connectivity index (χ0n) is 16.6. The first-order valence-electron chi connectivity index (χ1n) is 9.36. The standard InChI is InChI=1S/C19H23N3O6S2/c1-14-10-15(2)13-21(12-14)30(27,28)18-8-6-16(7-9-18)20-29(25,26)19-5-3-4-17(11-19)22(23)24/h3-9,11,14-15,20H,10,12-13H2,1-2H3. The molecular weight excluding hydrogens is 430 g/mol. The molecule has 0 spiro atoms. The summed E-state index contributed by atoms with van der Waals surface area (Å²) >= 11 is 0. The van der Waals surface area contributed by atoms with Crippen molar-refractivity contribution in [3.8, 4) is 0 Å². The van der Waals surface area contributed by atoms with Crippen LogP contribution in [0.4, 0.5) is 11.4 Å². The lowest BCUT2D eigenvalue weighted by Crippen LogP contribution is -2.42. The molecule has 2 aromatic rings. The third kappa shape index (κ3) is 4.79. The first kappa shape index (κ1) is 22.2. The number of benzene rings is 2. The van der Waals surface area contributed by atoms with Gasteiger partial charge in [0.1, 0.15) is 0 Å². The third-order valence-corrected chi connectivity index (χ3v) is 8.14. The number of anilines is 1. The van der Waals surface area contributed by atoms with Crippen LogP contribution in [0.3, 0.4) is 0 Å². The molecule has 3 rings (SSSR count). The fourth-order valence-corrected chi connectivity index (χ4v) is 6.40. The van der Waals surface area contributed by atoms with E-state index in [1.165, 1.54) is 46.8 Å². The average molecular weight is 454 g/mol. The molecule has 1 N–H and O–H groups in total. The van der Waals surface area contributed by atoms with Gasteiger partial charge in [-0.15, -0.1) is 0 Å². The molecule has 1 heterocycles. The Bertz CT molecular complexity index is 1140.